The first-order valence-corrected chi connectivity index (χ1v) is 14.0. The summed E-state index contributed by atoms with van der Waals surface area (Å²) in [6.45, 7) is 4.68. The number of aromatic nitrogens is 5. The van der Waals surface area contributed by atoms with Gasteiger partial charge >= 0.3 is 0 Å². The number of benzene rings is 1. The van der Waals surface area contributed by atoms with Gasteiger partial charge in [0.15, 0.2) is 0 Å². The number of aliphatic hydroxyl groups excluding tert-OH is 1. The summed E-state index contributed by atoms with van der Waals surface area (Å²) in [6, 6.07) is 11.4. The Kier molecular flexibility index (Phi) is 6.93. The van der Waals surface area contributed by atoms with Crippen LogP contribution in [0, 0.1) is 6.92 Å². The van der Waals surface area contributed by atoms with Gasteiger partial charge in [0.1, 0.15) is 5.82 Å². The van der Waals surface area contributed by atoms with Crippen molar-refractivity contribution < 1.29 is 9.84 Å². The third kappa shape index (κ3) is 4.95. The highest BCUT2D eigenvalue weighted by molar-refractivity contribution is 5.82. The standard InChI is InChI=1S/C30H38N6O2/c1-18(17-38-3)32-30-31-16-29-25(15-28(36(29)35-30)20-7-10-24(37)11-8-20)23-6-4-5-21(13-23)22-9-12-26-27(14-22)34-19(2)33-26/h4-6,13,15-16,18,20,22,24,37H,7-12,14,17H2,1-3H3,(H,32,35)(H,33,34)/t18-,20?,22?,24?/m0/s1. The number of methoxy groups -OCH3 is 1. The SMILES string of the molecule is COC[C@H](C)Nc1ncc2c(-c3cccc(C4CCc5nc(C)[nH]c5C4)c3)cc(C3CCC(O)CC3)n2n1. The third-order valence-corrected chi connectivity index (χ3v) is 8.28. The maximum absolute atomic E-state index is 10.1. The lowest BCUT2D eigenvalue weighted by Crippen LogP contribution is -2.23. The first kappa shape index (κ1) is 25.1. The van der Waals surface area contributed by atoms with Gasteiger partial charge in [0.2, 0.25) is 5.95 Å². The Morgan fingerprint density at radius 2 is 2.00 bits per heavy atom. The molecule has 3 aromatic heterocycles. The fourth-order valence-electron chi connectivity index (χ4n) is 6.35. The van der Waals surface area contributed by atoms with Crippen LogP contribution in [0.2, 0.25) is 0 Å². The Morgan fingerprint density at radius 3 is 2.82 bits per heavy atom. The van der Waals surface area contributed by atoms with E-state index in [-0.39, 0.29) is 12.1 Å². The van der Waals surface area contributed by atoms with Crippen LogP contribution in [-0.2, 0) is 17.6 Å². The van der Waals surface area contributed by atoms with E-state index >= 15 is 0 Å². The first-order chi connectivity index (χ1) is 18.5. The van der Waals surface area contributed by atoms with Crippen LogP contribution in [0.4, 0.5) is 5.95 Å². The van der Waals surface area contributed by atoms with Crippen LogP contribution in [0.5, 0.6) is 0 Å². The zero-order chi connectivity index (χ0) is 26.2. The van der Waals surface area contributed by atoms with Crippen LogP contribution >= 0.6 is 0 Å². The van der Waals surface area contributed by atoms with Gasteiger partial charge in [-0.1, -0.05) is 24.3 Å². The highest BCUT2D eigenvalue weighted by Crippen LogP contribution is 2.39. The van der Waals surface area contributed by atoms with E-state index in [0.29, 0.717) is 24.4 Å². The fourth-order valence-corrected chi connectivity index (χ4v) is 6.35. The molecule has 38 heavy (non-hydrogen) atoms. The minimum Gasteiger partial charge on any atom is -0.393 e. The van der Waals surface area contributed by atoms with Gasteiger partial charge in [0.25, 0.3) is 0 Å². The van der Waals surface area contributed by atoms with Crippen molar-refractivity contribution in [2.75, 3.05) is 19.0 Å². The number of aromatic amines is 1. The zero-order valence-corrected chi connectivity index (χ0v) is 22.6. The predicted octanol–water partition coefficient (Wildman–Crippen LogP) is 5.17. The van der Waals surface area contributed by atoms with Crippen molar-refractivity contribution in [3.8, 4) is 11.1 Å². The van der Waals surface area contributed by atoms with Crippen LogP contribution in [-0.4, -0.2) is 55.5 Å². The van der Waals surface area contributed by atoms with E-state index in [0.717, 1.165) is 56.3 Å². The lowest BCUT2D eigenvalue weighted by Gasteiger charge is -2.25. The second-order valence-electron chi connectivity index (χ2n) is 11.2. The minimum atomic E-state index is -0.190. The van der Waals surface area contributed by atoms with Gasteiger partial charge < -0.3 is 20.1 Å². The molecule has 0 aliphatic heterocycles. The highest BCUT2D eigenvalue weighted by atomic mass is 16.5. The number of hydrogen-bond acceptors (Lipinski definition) is 6. The summed E-state index contributed by atoms with van der Waals surface area (Å²) < 4.78 is 7.36. The molecule has 0 radical (unpaired) electrons. The van der Waals surface area contributed by atoms with Crippen molar-refractivity contribution >= 4 is 11.5 Å². The number of aryl methyl sites for hydroxylation is 2. The first-order valence-electron chi connectivity index (χ1n) is 14.0. The molecule has 0 saturated heterocycles. The second-order valence-corrected chi connectivity index (χ2v) is 11.2. The van der Waals surface area contributed by atoms with Gasteiger partial charge in [0, 0.05) is 36.0 Å². The minimum absolute atomic E-state index is 0.104. The molecule has 8 nitrogen and oxygen atoms in total. The average molecular weight is 515 g/mol. The number of nitrogens with zero attached hydrogens (tertiary/aromatic N) is 4. The van der Waals surface area contributed by atoms with Crippen molar-refractivity contribution in [2.24, 2.45) is 0 Å². The molecule has 1 saturated carbocycles. The van der Waals surface area contributed by atoms with Gasteiger partial charge in [-0.3, -0.25) is 0 Å². The summed E-state index contributed by atoms with van der Waals surface area (Å²) in [5.41, 5.74) is 8.47. The van der Waals surface area contributed by atoms with Crippen LogP contribution in [0.3, 0.4) is 0 Å². The number of aliphatic hydroxyl groups is 1. The molecule has 4 aromatic rings. The molecule has 0 spiro atoms. The van der Waals surface area contributed by atoms with Crippen LogP contribution in [0.25, 0.3) is 16.6 Å². The highest BCUT2D eigenvalue weighted by Gasteiger charge is 2.27. The molecular weight excluding hydrogens is 476 g/mol. The average Bonchev–Trinajstić information content (AvgIpc) is 3.48. The van der Waals surface area contributed by atoms with Crippen molar-refractivity contribution in [3.05, 3.63) is 65.0 Å². The third-order valence-electron chi connectivity index (χ3n) is 8.28. The maximum atomic E-state index is 10.1. The van der Waals surface area contributed by atoms with Crippen molar-refractivity contribution in [1.29, 1.82) is 0 Å². The molecule has 0 bridgehead atoms. The second kappa shape index (κ2) is 10.5. The molecule has 8 heteroatoms. The lowest BCUT2D eigenvalue weighted by atomic mass is 9.83. The number of H-pyrrole nitrogens is 1. The van der Waals surface area contributed by atoms with Crippen LogP contribution < -0.4 is 5.32 Å². The molecule has 0 amide bonds. The van der Waals surface area contributed by atoms with E-state index in [4.69, 9.17) is 9.84 Å². The number of hydrogen-bond donors (Lipinski definition) is 3. The zero-order valence-electron chi connectivity index (χ0n) is 22.6. The fraction of sp³-hybridized carbons (Fsp3) is 0.500. The van der Waals surface area contributed by atoms with E-state index in [1.165, 1.54) is 33.8 Å². The Morgan fingerprint density at radius 1 is 1.16 bits per heavy atom. The molecule has 6 rings (SSSR count). The summed E-state index contributed by atoms with van der Waals surface area (Å²) in [6.07, 6.45) is 8.49. The molecular formula is C30H38N6O2. The Hall–Kier alpha value is -3.23. The summed E-state index contributed by atoms with van der Waals surface area (Å²) in [7, 11) is 1.70. The summed E-state index contributed by atoms with van der Waals surface area (Å²) in [5.74, 6) is 2.45. The predicted molar refractivity (Wildman–Crippen MR) is 149 cm³/mol. The van der Waals surface area contributed by atoms with Gasteiger partial charge in [-0.25, -0.2) is 14.5 Å². The summed E-state index contributed by atoms with van der Waals surface area (Å²) in [5, 5.41) is 18.4. The molecule has 1 unspecified atom stereocenters. The van der Waals surface area contributed by atoms with Gasteiger partial charge in [-0.15, -0.1) is 5.10 Å². The molecule has 2 aliphatic rings. The number of anilines is 1. The quantitative estimate of drug-likeness (QED) is 0.315. The molecule has 1 fully saturated rings. The molecule has 3 N–H and O–H groups in total. The molecule has 200 valence electrons. The molecule has 2 aliphatic carbocycles. The van der Waals surface area contributed by atoms with Crippen LogP contribution in [0.15, 0.2) is 36.5 Å². The topological polar surface area (TPSA) is 100 Å². The van der Waals surface area contributed by atoms with Crippen molar-refractivity contribution in [2.45, 2.75) is 82.8 Å². The Bertz CT molecular complexity index is 1420. The molecule has 1 aromatic carbocycles. The van der Waals surface area contributed by atoms with E-state index in [9.17, 15) is 5.11 Å². The summed E-state index contributed by atoms with van der Waals surface area (Å²) in [4.78, 5) is 12.8. The molecule has 2 atom stereocenters. The Labute approximate surface area is 223 Å². The maximum Gasteiger partial charge on any atom is 0.241 e. The number of ether oxygens (including phenoxy) is 1. The van der Waals surface area contributed by atoms with Crippen molar-refractivity contribution in [1.82, 2.24) is 24.6 Å². The van der Waals surface area contributed by atoms with Crippen LogP contribution in [0.1, 0.15) is 79.3 Å². The van der Waals surface area contributed by atoms with E-state index < -0.39 is 0 Å². The van der Waals surface area contributed by atoms with E-state index in [1.807, 2.05) is 13.1 Å². The number of imidazole rings is 1. The normalized spacial score (nSPS) is 22.4. The largest absolute Gasteiger partial charge is 0.393 e. The molecule has 3 heterocycles. The smallest absolute Gasteiger partial charge is 0.241 e. The lowest BCUT2D eigenvalue weighted by molar-refractivity contribution is 0.121. The van der Waals surface area contributed by atoms with Gasteiger partial charge in [0.05, 0.1) is 30.1 Å². The van der Waals surface area contributed by atoms with Gasteiger partial charge in [-0.05, 0) is 81.9 Å². The number of nitrogens with one attached hydrogen (secondary N) is 2. The monoisotopic (exact) mass is 514 g/mol. The number of fused-ring (bicyclic) bond motifs is 2. The Balaban J connectivity index is 1.36. The van der Waals surface area contributed by atoms with E-state index in [1.54, 1.807) is 7.11 Å². The van der Waals surface area contributed by atoms with E-state index in [2.05, 4.69) is 62.0 Å². The summed E-state index contributed by atoms with van der Waals surface area (Å²) >= 11 is 0. The van der Waals surface area contributed by atoms with Crippen molar-refractivity contribution in [3.63, 3.8) is 0 Å². The number of rotatable bonds is 7. The van der Waals surface area contributed by atoms with Gasteiger partial charge in [-0.2, -0.15) is 0 Å².